The first-order valence-corrected chi connectivity index (χ1v) is 8.22. The molecular weight excluding hydrogens is 282 g/mol. The Bertz CT molecular complexity index is 1080. The van der Waals surface area contributed by atoms with Crippen molar-refractivity contribution in [2.45, 2.75) is 26.3 Å². The van der Waals surface area contributed by atoms with E-state index in [1.54, 1.807) is 6.07 Å². The molecule has 114 valence electrons. The highest BCUT2D eigenvalue weighted by atomic mass is 16.1. The second-order valence-electron chi connectivity index (χ2n) is 6.11. The summed E-state index contributed by atoms with van der Waals surface area (Å²) in [5.74, 6) is 0. The lowest BCUT2D eigenvalue weighted by atomic mass is 10.00. The van der Waals surface area contributed by atoms with Crippen LogP contribution in [0.15, 0.2) is 65.6 Å². The van der Waals surface area contributed by atoms with Gasteiger partial charge < -0.3 is 4.57 Å². The number of nitrogens with zero attached hydrogens (tertiary/aromatic N) is 1. The van der Waals surface area contributed by atoms with Crippen molar-refractivity contribution in [3.8, 4) is 0 Å². The summed E-state index contributed by atoms with van der Waals surface area (Å²) in [6, 6.07) is 18.6. The second kappa shape index (κ2) is 5.54. The van der Waals surface area contributed by atoms with Crippen LogP contribution in [0, 0.1) is 0 Å². The van der Waals surface area contributed by atoms with Gasteiger partial charge in [-0.25, -0.2) is 0 Å². The van der Waals surface area contributed by atoms with Crippen LogP contribution in [0.5, 0.6) is 0 Å². The van der Waals surface area contributed by atoms with E-state index in [1.807, 2.05) is 18.3 Å². The summed E-state index contributed by atoms with van der Waals surface area (Å²) in [7, 11) is 0. The minimum Gasteiger partial charge on any atom is -0.347 e. The Morgan fingerprint density at radius 3 is 2.48 bits per heavy atom. The molecule has 4 rings (SSSR count). The maximum atomic E-state index is 12.5. The average Bonchev–Trinajstić information content (AvgIpc) is 2.59. The molecule has 2 nitrogen and oxygen atoms in total. The van der Waals surface area contributed by atoms with Crippen LogP contribution in [-0.2, 0) is 6.54 Å². The van der Waals surface area contributed by atoms with E-state index in [0.717, 1.165) is 41.1 Å². The maximum absolute atomic E-state index is 12.5. The van der Waals surface area contributed by atoms with Crippen LogP contribution in [0.2, 0.25) is 0 Å². The van der Waals surface area contributed by atoms with E-state index in [0.29, 0.717) is 0 Å². The third kappa shape index (κ3) is 2.31. The lowest BCUT2D eigenvalue weighted by molar-refractivity contribution is 0.646. The minimum absolute atomic E-state index is 0.105. The van der Waals surface area contributed by atoms with Crippen LogP contribution in [0.4, 0.5) is 0 Å². The van der Waals surface area contributed by atoms with Crippen molar-refractivity contribution in [2.75, 3.05) is 0 Å². The minimum atomic E-state index is 0.105. The number of aryl methyl sites for hydroxylation is 1. The van der Waals surface area contributed by atoms with Gasteiger partial charge in [-0.1, -0.05) is 43.7 Å². The summed E-state index contributed by atoms with van der Waals surface area (Å²) in [4.78, 5) is 12.5. The molecule has 3 aromatic carbocycles. The quantitative estimate of drug-likeness (QED) is 0.381. The molecule has 1 aromatic heterocycles. The average molecular weight is 301 g/mol. The fourth-order valence-corrected chi connectivity index (χ4v) is 3.35. The molecule has 0 aliphatic carbocycles. The largest absolute Gasteiger partial charge is 0.347 e. The molecule has 4 aromatic rings. The maximum Gasteiger partial charge on any atom is 0.190 e. The van der Waals surface area contributed by atoms with Crippen molar-refractivity contribution in [1.82, 2.24) is 4.57 Å². The molecule has 0 saturated heterocycles. The Morgan fingerprint density at radius 1 is 0.913 bits per heavy atom. The molecule has 0 spiro atoms. The monoisotopic (exact) mass is 301 g/mol. The van der Waals surface area contributed by atoms with Gasteiger partial charge in [-0.3, -0.25) is 4.79 Å². The van der Waals surface area contributed by atoms with Gasteiger partial charge in [0, 0.05) is 18.8 Å². The summed E-state index contributed by atoms with van der Waals surface area (Å²) in [6.45, 7) is 3.14. The molecule has 0 fully saturated rings. The predicted molar refractivity (Wildman–Crippen MR) is 98.1 cm³/mol. The first-order chi connectivity index (χ1) is 11.3. The summed E-state index contributed by atoms with van der Waals surface area (Å²) in [6.07, 6.45) is 4.19. The molecule has 0 radical (unpaired) electrons. The van der Waals surface area contributed by atoms with Crippen LogP contribution >= 0.6 is 0 Å². The molecule has 0 saturated carbocycles. The van der Waals surface area contributed by atoms with Gasteiger partial charge in [0.2, 0.25) is 0 Å². The van der Waals surface area contributed by atoms with E-state index in [2.05, 4.69) is 47.9 Å². The van der Waals surface area contributed by atoms with Crippen molar-refractivity contribution >= 4 is 32.4 Å². The molecule has 2 heteroatoms. The van der Waals surface area contributed by atoms with Crippen molar-refractivity contribution < 1.29 is 0 Å². The molecule has 1 heterocycles. The molecule has 0 bridgehead atoms. The number of hydrogen-bond donors (Lipinski definition) is 0. The summed E-state index contributed by atoms with van der Waals surface area (Å²) >= 11 is 0. The Morgan fingerprint density at radius 2 is 1.70 bits per heavy atom. The fraction of sp³-hybridized carbons (Fsp3) is 0.190. The first kappa shape index (κ1) is 14.0. The van der Waals surface area contributed by atoms with Gasteiger partial charge >= 0.3 is 0 Å². The van der Waals surface area contributed by atoms with Gasteiger partial charge in [0.25, 0.3) is 0 Å². The number of fused-ring (bicyclic) bond motifs is 4. The van der Waals surface area contributed by atoms with Crippen molar-refractivity contribution in [3.63, 3.8) is 0 Å². The highest BCUT2D eigenvalue weighted by Gasteiger charge is 2.08. The number of pyridine rings is 1. The SMILES string of the molecule is CCCCn1ccc(=O)c2c3cc4ccccc4cc3ccc21. The molecule has 0 N–H and O–H groups in total. The number of aromatic nitrogens is 1. The predicted octanol–water partition coefficient (Wildman–Crippen LogP) is 5.11. The molecule has 23 heavy (non-hydrogen) atoms. The van der Waals surface area contributed by atoms with Crippen LogP contribution in [0.25, 0.3) is 32.4 Å². The highest BCUT2D eigenvalue weighted by molar-refractivity contribution is 6.11. The van der Waals surface area contributed by atoms with Gasteiger partial charge in [-0.2, -0.15) is 0 Å². The zero-order valence-corrected chi connectivity index (χ0v) is 13.3. The Hall–Kier alpha value is -2.61. The smallest absolute Gasteiger partial charge is 0.190 e. The molecule has 0 amide bonds. The zero-order chi connectivity index (χ0) is 15.8. The first-order valence-electron chi connectivity index (χ1n) is 8.22. The lowest BCUT2D eigenvalue weighted by Gasteiger charge is -2.12. The van der Waals surface area contributed by atoms with E-state index in [-0.39, 0.29) is 5.43 Å². The van der Waals surface area contributed by atoms with Crippen LogP contribution in [0.1, 0.15) is 19.8 Å². The van der Waals surface area contributed by atoms with Crippen molar-refractivity contribution in [2.24, 2.45) is 0 Å². The van der Waals surface area contributed by atoms with Crippen molar-refractivity contribution in [1.29, 1.82) is 0 Å². The standard InChI is InChI=1S/C21H19NO/c1-2-3-11-22-12-10-20(23)21-18-14-16-7-5-4-6-15(16)13-17(18)8-9-19(21)22/h4-10,12-14H,2-3,11H2,1H3. The van der Waals surface area contributed by atoms with Gasteiger partial charge in [-0.05, 0) is 46.2 Å². The van der Waals surface area contributed by atoms with E-state index in [1.165, 1.54) is 10.8 Å². The fourth-order valence-electron chi connectivity index (χ4n) is 3.35. The van der Waals surface area contributed by atoms with E-state index < -0.39 is 0 Å². The number of benzene rings is 3. The molecule has 0 atom stereocenters. The molecule has 0 aliphatic heterocycles. The zero-order valence-electron chi connectivity index (χ0n) is 13.3. The van der Waals surface area contributed by atoms with Crippen LogP contribution < -0.4 is 5.43 Å². The summed E-state index contributed by atoms with van der Waals surface area (Å²) in [5, 5.41) is 5.41. The van der Waals surface area contributed by atoms with Gasteiger partial charge in [0.15, 0.2) is 5.43 Å². The van der Waals surface area contributed by atoms with Crippen LogP contribution in [-0.4, -0.2) is 4.57 Å². The third-order valence-corrected chi connectivity index (χ3v) is 4.58. The topological polar surface area (TPSA) is 22.0 Å². The van der Waals surface area contributed by atoms with Crippen molar-refractivity contribution in [3.05, 3.63) is 71.0 Å². The molecule has 0 aliphatic rings. The third-order valence-electron chi connectivity index (χ3n) is 4.58. The van der Waals surface area contributed by atoms with E-state index in [9.17, 15) is 4.79 Å². The van der Waals surface area contributed by atoms with E-state index in [4.69, 9.17) is 0 Å². The Balaban J connectivity index is 2.10. The summed E-state index contributed by atoms with van der Waals surface area (Å²) in [5.41, 5.74) is 1.14. The normalized spacial score (nSPS) is 11.5. The summed E-state index contributed by atoms with van der Waals surface area (Å²) < 4.78 is 2.20. The highest BCUT2D eigenvalue weighted by Crippen LogP contribution is 2.27. The number of unbranched alkanes of at least 4 members (excludes halogenated alkanes) is 1. The van der Waals surface area contributed by atoms with Gasteiger partial charge in [0.05, 0.1) is 10.9 Å². The number of rotatable bonds is 3. The second-order valence-corrected chi connectivity index (χ2v) is 6.11. The van der Waals surface area contributed by atoms with Gasteiger partial charge in [-0.15, -0.1) is 0 Å². The molecular formula is C21H19NO. The van der Waals surface area contributed by atoms with E-state index >= 15 is 0 Å². The Labute approximate surface area is 135 Å². The molecule has 0 unspecified atom stereocenters. The lowest BCUT2D eigenvalue weighted by Crippen LogP contribution is -2.08. The van der Waals surface area contributed by atoms with Crippen LogP contribution in [0.3, 0.4) is 0 Å². The van der Waals surface area contributed by atoms with Gasteiger partial charge in [0.1, 0.15) is 0 Å². The number of hydrogen-bond acceptors (Lipinski definition) is 1. The Kier molecular flexibility index (Phi) is 3.38.